The van der Waals surface area contributed by atoms with E-state index < -0.39 is 0 Å². The summed E-state index contributed by atoms with van der Waals surface area (Å²) in [6.45, 7) is 47.2. The number of anilines is 7. The van der Waals surface area contributed by atoms with Crippen LogP contribution in [0, 0.1) is 41.5 Å². The van der Waals surface area contributed by atoms with Gasteiger partial charge >= 0.3 is 0 Å². The normalized spacial score (nSPS) is 14.2. The molecule has 0 bridgehead atoms. The molecule has 0 amide bonds. The van der Waals surface area contributed by atoms with Gasteiger partial charge in [-0.1, -0.05) is 301 Å². The number of aromatic nitrogens is 8. The molecule has 14 nitrogen and oxygen atoms in total. The Morgan fingerprint density at radius 3 is 1.06 bits per heavy atom. The van der Waals surface area contributed by atoms with Crippen molar-refractivity contribution in [2.45, 2.75) is 199 Å². The van der Waals surface area contributed by atoms with Gasteiger partial charge < -0.3 is 29.4 Å². The molecule has 3 aliphatic heterocycles. The van der Waals surface area contributed by atoms with E-state index in [2.05, 4.69) is 576 Å². The zero-order chi connectivity index (χ0) is 102. The van der Waals surface area contributed by atoms with Crippen molar-refractivity contribution in [1.29, 1.82) is 0 Å². The van der Waals surface area contributed by atoms with Gasteiger partial charge in [-0.2, -0.15) is 13.7 Å². The van der Waals surface area contributed by atoms with Gasteiger partial charge in [0.1, 0.15) is 35.6 Å². The van der Waals surface area contributed by atoms with Crippen molar-refractivity contribution in [2.75, 3.05) is 45.6 Å². The molecule has 143 heavy (non-hydrogen) atoms. The standard InChI is InChI=1S/C33H35N2.C27H31N2.C26H30N3.C16H18N2.C15H17N3.C12H16N2/c1-22(2)27-17-12-18-28(23(3)4)32(27)35-31-21-26(25-14-8-7-9-15-25)19-20-30(31)34(6)33(35)29-16-11-10-13-24(29)5;1-18(2)21-14-11-15-22(19(3)4)26(21)29-25-17-10-9-16-24(25)28(6)27(29)23-13-8-7-12-20(23)5;1-17(2)20-12-9-13-21(18(3)4)25(20)29-24-16-27-15-14-23(24)28(6)26(29)22-11-8-7-10-19(22)5;1-12-8-4-5-9-14(12)18-13(2)17(3)15-10-6-7-11-16(15)18;1-11-7-4-5-8-13(11)18-12(2)17(3)14-9-6-10-16-15(14)18;1-10-6-4-5-7-12(10)14-9-8-13(3)11(14)2/h7-23H,1-6H3;7-19H,1-6H3;7-18H,1-6H3;4-11,13H,1-3H3;4-10,12H,1-3H3;4-9,11H,1-3H3/q3*+1;;;/t;;;13-;12-;11-/m...000/s1. The summed E-state index contributed by atoms with van der Waals surface area (Å²) in [5.74, 6) is 7.25. The lowest BCUT2D eigenvalue weighted by molar-refractivity contribution is -0.634. The van der Waals surface area contributed by atoms with Crippen LogP contribution >= 0.6 is 0 Å². The fourth-order valence-corrected chi connectivity index (χ4v) is 21.1. The average molecular weight is 1890 g/mol. The molecule has 3 atom stereocenters. The van der Waals surface area contributed by atoms with Crippen molar-refractivity contribution in [2.24, 2.45) is 21.1 Å². The van der Waals surface area contributed by atoms with Gasteiger partial charge in [0.25, 0.3) is 17.5 Å². The van der Waals surface area contributed by atoms with Crippen LogP contribution in [0.1, 0.15) is 206 Å². The molecule has 18 aromatic rings. The number of nitrogens with zero attached hydrogens (tertiary/aromatic N) is 14. The van der Waals surface area contributed by atoms with Gasteiger partial charge in [-0.05, 0) is 233 Å². The smallest absolute Gasteiger partial charge is 0.295 e. The summed E-state index contributed by atoms with van der Waals surface area (Å²) in [6.07, 6.45) is 11.0. The minimum absolute atomic E-state index is 0.288. The molecule has 0 spiro atoms. The third-order valence-corrected chi connectivity index (χ3v) is 29.4. The highest BCUT2D eigenvalue weighted by molar-refractivity contribution is 5.89. The Bertz CT molecular complexity index is 7210. The van der Waals surface area contributed by atoms with Crippen LogP contribution in [0.3, 0.4) is 0 Å². The van der Waals surface area contributed by atoms with Crippen LogP contribution in [0.25, 0.3) is 95.5 Å². The molecule has 8 heterocycles. The summed E-state index contributed by atoms with van der Waals surface area (Å²) in [6, 6.07) is 113. The van der Waals surface area contributed by atoms with Crippen LogP contribution in [-0.4, -0.2) is 68.2 Å². The lowest BCUT2D eigenvalue weighted by atomic mass is 9.92. The quantitative estimate of drug-likeness (QED) is 0.0886. The molecule has 0 aliphatic carbocycles. The fourth-order valence-electron chi connectivity index (χ4n) is 21.1. The highest BCUT2D eigenvalue weighted by atomic mass is 15.4. The highest BCUT2D eigenvalue weighted by Gasteiger charge is 2.39. The molecular weight excluding hydrogens is 1750 g/mol. The Morgan fingerprint density at radius 1 is 0.273 bits per heavy atom. The molecule has 5 aromatic heterocycles. The molecule has 3 aliphatic rings. The maximum atomic E-state index is 4.54. The number of rotatable bonds is 16. The molecule has 0 fully saturated rings. The summed E-state index contributed by atoms with van der Waals surface area (Å²) in [4.78, 5) is 22.8. The van der Waals surface area contributed by atoms with E-state index in [0.29, 0.717) is 47.8 Å². The molecule has 13 aromatic carbocycles. The molecular formula is C129H147N14+3. The van der Waals surface area contributed by atoms with Gasteiger partial charge in [-0.15, -0.1) is 0 Å². The zero-order valence-corrected chi connectivity index (χ0v) is 89.4. The van der Waals surface area contributed by atoms with Crippen LogP contribution in [0.2, 0.25) is 0 Å². The van der Waals surface area contributed by atoms with Crippen LogP contribution in [0.5, 0.6) is 0 Å². The van der Waals surface area contributed by atoms with Gasteiger partial charge in [0, 0.05) is 102 Å². The number of fused-ring (bicyclic) bond motifs is 5. The van der Waals surface area contributed by atoms with Crippen LogP contribution < -0.4 is 38.2 Å². The van der Waals surface area contributed by atoms with Crippen LogP contribution in [0.15, 0.2) is 346 Å². The van der Waals surface area contributed by atoms with Gasteiger partial charge in [0.2, 0.25) is 0 Å². The van der Waals surface area contributed by atoms with E-state index >= 15 is 0 Å². The summed E-state index contributed by atoms with van der Waals surface area (Å²) in [5, 5.41) is 0. The van der Waals surface area contributed by atoms with E-state index in [1.807, 2.05) is 24.7 Å². The Morgan fingerprint density at radius 2 is 0.622 bits per heavy atom. The van der Waals surface area contributed by atoms with E-state index in [-0.39, 0.29) is 6.17 Å². The van der Waals surface area contributed by atoms with E-state index in [1.54, 1.807) is 0 Å². The second-order valence-corrected chi connectivity index (χ2v) is 40.7. The number of para-hydroxylation sites is 10. The first-order valence-electron chi connectivity index (χ1n) is 51.3. The molecule has 0 unspecified atom stereocenters. The Balaban J connectivity index is 0.000000126. The zero-order valence-electron chi connectivity index (χ0n) is 89.4. The van der Waals surface area contributed by atoms with Crippen molar-refractivity contribution >= 4 is 73.0 Å². The third-order valence-electron chi connectivity index (χ3n) is 29.4. The monoisotopic (exact) mass is 1890 g/mol. The number of aryl methyl sites for hydroxylation is 9. The van der Waals surface area contributed by atoms with Crippen LogP contribution in [0.4, 0.5) is 39.9 Å². The first-order chi connectivity index (χ1) is 68.8. The summed E-state index contributed by atoms with van der Waals surface area (Å²) >= 11 is 0. The minimum atomic E-state index is 0.288. The first kappa shape index (κ1) is 101. The van der Waals surface area contributed by atoms with Crippen molar-refractivity contribution in [3.8, 4) is 62.4 Å². The number of benzene rings is 13. The molecule has 0 N–H and O–H groups in total. The largest absolute Gasteiger partial charge is 0.359 e. The number of imidazole rings is 3. The topological polar surface area (TPSA) is 71.7 Å². The number of hydrogen-bond donors (Lipinski definition) is 0. The lowest BCUT2D eigenvalue weighted by Gasteiger charge is -2.28. The van der Waals surface area contributed by atoms with E-state index in [0.717, 1.165) is 11.3 Å². The van der Waals surface area contributed by atoms with Gasteiger partial charge in [-0.3, -0.25) is 4.98 Å². The fraction of sp³-hybridized carbons (Fsp3) is 0.279. The maximum Gasteiger partial charge on any atom is 0.295 e. The molecule has 0 saturated carbocycles. The van der Waals surface area contributed by atoms with E-state index in [1.165, 1.54) is 191 Å². The van der Waals surface area contributed by atoms with Gasteiger partial charge in [0.05, 0.1) is 61.1 Å². The van der Waals surface area contributed by atoms with E-state index in [4.69, 9.17) is 0 Å². The van der Waals surface area contributed by atoms with Crippen molar-refractivity contribution in [3.63, 3.8) is 0 Å². The third kappa shape index (κ3) is 20.0. The predicted molar refractivity (Wildman–Crippen MR) is 605 cm³/mol. The second kappa shape index (κ2) is 43.7. The second-order valence-electron chi connectivity index (χ2n) is 40.7. The number of hydrogen-bond acceptors (Lipinski definition) is 8. The summed E-state index contributed by atoms with van der Waals surface area (Å²) < 4.78 is 14.5. The Labute approximate surface area is 851 Å². The average Bonchev–Trinajstić information content (AvgIpc) is 1.58. The SMILES string of the molecule is Cc1ccccc1-c1n(-c2c(C(C)C)cccc2C(C)C)c2cc(-c3ccccc3)ccc2[n+]1C.Cc1ccccc1-c1n(-c2c(C(C)C)cccc2C(C)C)c2ccccc2[n+]1C.Cc1ccccc1-c1n(-c2c(C(C)C)cccc2C(C)C)c2cnccc2[n+]1C.Cc1ccccc1N1C=CN(C)[C@@H]1C.Cc1ccccc1N1c2ccccc2N(C)[C@@H]1C.Cc1ccccc1N1c2ncccc2N(C)[C@@H]1C. The lowest BCUT2D eigenvalue weighted by Crippen LogP contribution is -2.36. The molecule has 0 radical (unpaired) electrons. The summed E-state index contributed by atoms with van der Waals surface area (Å²) in [5.41, 5.74) is 41.2. The molecule has 0 saturated heterocycles. The predicted octanol–water partition coefficient (Wildman–Crippen LogP) is 30.9. The van der Waals surface area contributed by atoms with Gasteiger partial charge in [-0.25, -0.2) is 18.7 Å². The highest BCUT2D eigenvalue weighted by Crippen LogP contribution is 2.48. The van der Waals surface area contributed by atoms with Crippen molar-refractivity contribution in [3.05, 3.63) is 413 Å². The molecule has 21 rings (SSSR count). The Hall–Kier alpha value is -14.9. The van der Waals surface area contributed by atoms with Gasteiger partial charge in [0.15, 0.2) is 38.9 Å². The van der Waals surface area contributed by atoms with Crippen LogP contribution in [-0.2, 0) is 21.1 Å². The number of pyridine rings is 2. The first-order valence-corrected chi connectivity index (χ1v) is 51.3. The van der Waals surface area contributed by atoms with E-state index in [9.17, 15) is 0 Å². The molecule has 14 heteroatoms. The minimum Gasteiger partial charge on any atom is -0.359 e. The van der Waals surface area contributed by atoms with Crippen molar-refractivity contribution < 1.29 is 13.7 Å². The Kier molecular flexibility index (Phi) is 30.9. The maximum absolute atomic E-state index is 4.54. The van der Waals surface area contributed by atoms with Crippen molar-refractivity contribution in [1.82, 2.24) is 28.6 Å². The molecule has 730 valence electrons. The summed E-state index contributed by atoms with van der Waals surface area (Å²) in [7, 11) is 12.9.